The maximum absolute atomic E-state index is 12.9. The summed E-state index contributed by atoms with van der Waals surface area (Å²) in [5.41, 5.74) is 10.7. The molecule has 1 aromatic rings. The van der Waals surface area contributed by atoms with Crippen molar-refractivity contribution in [1.82, 2.24) is 4.90 Å². The average molecular weight is 362 g/mol. The van der Waals surface area contributed by atoms with Crippen molar-refractivity contribution in [2.24, 2.45) is 10.9 Å². The predicted octanol–water partition coefficient (Wildman–Crippen LogP) is 0.969. The topological polar surface area (TPSA) is 113 Å². The second kappa shape index (κ2) is 5.53. The van der Waals surface area contributed by atoms with E-state index >= 15 is 0 Å². The molecule has 3 unspecified atom stereocenters. The summed E-state index contributed by atoms with van der Waals surface area (Å²) in [6.45, 7) is 0.569. The fourth-order valence-corrected chi connectivity index (χ4v) is 6.84. The molecule has 136 valence electrons. The maximum atomic E-state index is 12.9. The third-order valence-electron chi connectivity index (χ3n) is 6.45. The van der Waals surface area contributed by atoms with Gasteiger partial charge in [-0.2, -0.15) is 0 Å². The normalized spacial score (nSPS) is 30.9. The van der Waals surface area contributed by atoms with Crippen molar-refractivity contribution in [2.75, 3.05) is 13.6 Å². The molecule has 3 aliphatic rings. The number of likely N-dealkylation sites (N-methyl/N-ethyl adjacent to an activating group) is 1. The first-order chi connectivity index (χ1) is 11.8. The van der Waals surface area contributed by atoms with Crippen molar-refractivity contribution in [3.8, 4) is 0 Å². The Morgan fingerprint density at radius 2 is 1.80 bits per heavy atom. The molecule has 1 fully saturated rings. The van der Waals surface area contributed by atoms with Crippen LogP contribution < -0.4 is 10.9 Å². The first-order valence-corrected chi connectivity index (χ1v) is 10.7. The van der Waals surface area contributed by atoms with Gasteiger partial charge in [0.15, 0.2) is 0 Å². The second-order valence-electron chi connectivity index (χ2n) is 7.71. The molecule has 0 bridgehead atoms. The van der Waals surface area contributed by atoms with Crippen LogP contribution in [0.3, 0.4) is 0 Å². The minimum Gasteiger partial charge on any atom is -0.368 e. The molecule has 5 N–H and O–H groups in total. The molecule has 0 radical (unpaired) electrons. The standard InChI is InChI=1S/C18H26N4O2S/c1-22-9-8-15(25(20,21)24)18(22,17(19)23)16-13-6-2-4-11(13)10-12-5-3-7-14(12)16/h10,15H,2-9H2,1H3,(H2,19,23)(H3,20,21,24). The highest BCUT2D eigenvalue weighted by molar-refractivity contribution is 7.90. The Labute approximate surface area is 149 Å². The van der Waals surface area contributed by atoms with E-state index in [-0.39, 0.29) is 0 Å². The van der Waals surface area contributed by atoms with E-state index in [1.54, 1.807) is 0 Å². The number of fused-ring (bicyclic) bond motifs is 2. The number of carbonyl (C=O) groups is 1. The minimum atomic E-state index is -3.41. The zero-order valence-electron chi connectivity index (χ0n) is 14.6. The first-order valence-electron chi connectivity index (χ1n) is 9.01. The van der Waals surface area contributed by atoms with E-state index in [1.807, 2.05) is 11.9 Å². The molecule has 1 saturated heterocycles. The van der Waals surface area contributed by atoms with Gasteiger partial charge in [0.25, 0.3) is 0 Å². The molecular formula is C18H26N4O2S. The highest BCUT2D eigenvalue weighted by Gasteiger charge is 2.58. The first kappa shape index (κ1) is 17.0. The number of hydrogen-bond donors (Lipinski definition) is 3. The summed E-state index contributed by atoms with van der Waals surface area (Å²) < 4.78 is 20.7. The van der Waals surface area contributed by atoms with E-state index in [0.29, 0.717) is 13.0 Å². The third-order valence-corrected chi connectivity index (χ3v) is 7.87. The molecule has 7 heteroatoms. The lowest BCUT2D eigenvalue weighted by Gasteiger charge is -2.40. The number of nitrogens with one attached hydrogen (secondary N) is 1. The van der Waals surface area contributed by atoms with Gasteiger partial charge >= 0.3 is 0 Å². The predicted molar refractivity (Wildman–Crippen MR) is 97.4 cm³/mol. The van der Waals surface area contributed by atoms with E-state index in [9.17, 15) is 9.00 Å². The van der Waals surface area contributed by atoms with Gasteiger partial charge in [0.2, 0.25) is 5.91 Å². The second-order valence-corrected chi connectivity index (χ2v) is 9.58. The summed E-state index contributed by atoms with van der Waals surface area (Å²) in [6.07, 6.45) is 6.43. The summed E-state index contributed by atoms with van der Waals surface area (Å²) in [5.74, 6) is -0.516. The number of hydrogen-bond acceptors (Lipinski definition) is 4. The van der Waals surface area contributed by atoms with E-state index in [4.69, 9.17) is 15.7 Å². The highest BCUT2D eigenvalue weighted by atomic mass is 32.2. The van der Waals surface area contributed by atoms with Crippen LogP contribution in [0, 0.1) is 4.78 Å². The van der Waals surface area contributed by atoms with Crippen LogP contribution >= 0.6 is 0 Å². The Kier molecular flexibility index (Phi) is 3.76. The summed E-state index contributed by atoms with van der Waals surface area (Å²) in [5, 5.41) is 5.04. The van der Waals surface area contributed by atoms with Gasteiger partial charge in [-0.1, -0.05) is 6.07 Å². The Balaban J connectivity index is 2.08. The van der Waals surface area contributed by atoms with Crippen LogP contribution in [0.15, 0.2) is 6.07 Å². The van der Waals surface area contributed by atoms with Gasteiger partial charge in [-0.15, -0.1) is 0 Å². The lowest BCUT2D eigenvalue weighted by molar-refractivity contribution is -0.128. The van der Waals surface area contributed by atoms with Crippen LogP contribution in [0.5, 0.6) is 0 Å². The van der Waals surface area contributed by atoms with Crippen molar-refractivity contribution in [1.29, 1.82) is 4.78 Å². The van der Waals surface area contributed by atoms with E-state index in [0.717, 1.165) is 44.1 Å². The fourth-order valence-electron chi connectivity index (χ4n) is 5.47. The van der Waals surface area contributed by atoms with Gasteiger partial charge in [0.05, 0.1) is 5.25 Å². The largest absolute Gasteiger partial charge is 0.368 e. The van der Waals surface area contributed by atoms with Gasteiger partial charge in [-0.25, -0.2) is 14.1 Å². The number of benzene rings is 1. The molecule has 0 saturated carbocycles. The monoisotopic (exact) mass is 362 g/mol. The maximum Gasteiger partial charge on any atom is 0.243 e. The van der Waals surface area contributed by atoms with Gasteiger partial charge in [0, 0.05) is 6.54 Å². The van der Waals surface area contributed by atoms with Crippen molar-refractivity contribution >= 4 is 15.8 Å². The number of aryl methyl sites for hydroxylation is 2. The fraction of sp³-hybridized carbons (Fsp3) is 0.611. The molecule has 1 aliphatic heterocycles. The van der Waals surface area contributed by atoms with Crippen LogP contribution in [0.1, 0.15) is 47.1 Å². The molecule has 25 heavy (non-hydrogen) atoms. The summed E-state index contributed by atoms with van der Waals surface area (Å²) in [4.78, 5) is 14.8. The Morgan fingerprint density at radius 3 is 2.28 bits per heavy atom. The molecule has 6 nitrogen and oxygen atoms in total. The van der Waals surface area contributed by atoms with Crippen LogP contribution in [-0.2, 0) is 45.9 Å². The summed E-state index contributed by atoms with van der Waals surface area (Å²) >= 11 is 0. The lowest BCUT2D eigenvalue weighted by Crippen LogP contribution is -2.59. The number of nitrogens with zero attached hydrogens (tertiary/aromatic N) is 1. The molecule has 4 rings (SSSR count). The minimum absolute atomic E-state index is 0.455. The zero-order valence-corrected chi connectivity index (χ0v) is 15.5. The molecule has 1 heterocycles. The number of primary amides is 1. The van der Waals surface area contributed by atoms with Crippen LogP contribution in [0.2, 0.25) is 0 Å². The molecular weight excluding hydrogens is 336 g/mol. The molecule has 2 aliphatic carbocycles. The molecule has 1 aromatic carbocycles. The molecule has 1 amide bonds. The highest BCUT2D eigenvalue weighted by Crippen LogP contribution is 2.48. The Bertz CT molecular complexity index is 832. The van der Waals surface area contributed by atoms with E-state index < -0.39 is 26.6 Å². The van der Waals surface area contributed by atoms with Gasteiger partial charge in [0.1, 0.15) is 15.5 Å². The average Bonchev–Trinajstić information content (AvgIpc) is 3.21. The number of nitrogens with two attached hydrogens (primary N) is 2. The van der Waals surface area contributed by atoms with Crippen LogP contribution in [0.25, 0.3) is 0 Å². The van der Waals surface area contributed by atoms with E-state index in [1.165, 1.54) is 22.3 Å². The lowest BCUT2D eigenvalue weighted by atomic mass is 9.78. The van der Waals surface area contributed by atoms with Crippen molar-refractivity contribution in [2.45, 2.75) is 55.7 Å². The van der Waals surface area contributed by atoms with E-state index in [2.05, 4.69) is 6.07 Å². The number of rotatable bonds is 3. The van der Waals surface area contributed by atoms with Crippen molar-refractivity contribution in [3.05, 3.63) is 33.9 Å². The smallest absolute Gasteiger partial charge is 0.243 e. The molecule has 0 spiro atoms. The quantitative estimate of drug-likeness (QED) is 0.744. The molecule has 3 atom stereocenters. The van der Waals surface area contributed by atoms with Gasteiger partial charge < -0.3 is 5.73 Å². The van der Waals surface area contributed by atoms with Crippen molar-refractivity contribution < 1.29 is 9.00 Å². The third kappa shape index (κ3) is 2.22. The zero-order chi connectivity index (χ0) is 18.0. The number of likely N-dealkylation sites (tertiary alicyclic amines) is 1. The number of carbonyl (C=O) groups excluding carboxylic acids is 1. The number of amides is 1. The van der Waals surface area contributed by atoms with Crippen LogP contribution in [-0.4, -0.2) is 33.9 Å². The van der Waals surface area contributed by atoms with Crippen LogP contribution in [0.4, 0.5) is 0 Å². The van der Waals surface area contributed by atoms with Gasteiger partial charge in [-0.3, -0.25) is 9.69 Å². The van der Waals surface area contributed by atoms with Crippen molar-refractivity contribution in [3.63, 3.8) is 0 Å². The summed E-state index contributed by atoms with van der Waals surface area (Å²) in [6, 6.07) is 2.30. The summed E-state index contributed by atoms with van der Waals surface area (Å²) in [7, 11) is -1.56. The SMILES string of the molecule is CN1CCC(S(=N)(N)=O)C1(C(N)=O)c1c2c(cc3c1CCC3)CCC2. The Morgan fingerprint density at radius 1 is 1.24 bits per heavy atom. The van der Waals surface area contributed by atoms with Gasteiger partial charge in [-0.05, 0) is 79.8 Å². The Hall–Kier alpha value is -1.44. The molecule has 0 aromatic heterocycles.